The average Bonchev–Trinajstić information content (AvgIpc) is 2.75. The standard InChI is InChI=1S/C22H27N3O3/c1-28-20-9-7-19(8-10-20)21(26)5-2-6-22(27)25-14-12-24(13-15-25)17-18-4-3-11-23-16-18/h3-4,7-11,16H,2,5-6,12-15,17H2,1H3. The molecule has 1 saturated heterocycles. The molecule has 148 valence electrons. The molecule has 0 aliphatic carbocycles. The SMILES string of the molecule is COc1ccc(C(=O)CCCC(=O)N2CCN(Cc3cccnc3)CC2)cc1. The van der Waals surface area contributed by atoms with Crippen LogP contribution in [0.3, 0.4) is 0 Å². The molecule has 1 aromatic carbocycles. The van der Waals surface area contributed by atoms with Gasteiger partial charge in [0.2, 0.25) is 5.91 Å². The summed E-state index contributed by atoms with van der Waals surface area (Å²) in [6.07, 6.45) is 5.06. The normalized spacial score (nSPS) is 14.7. The molecular weight excluding hydrogens is 354 g/mol. The number of pyridine rings is 1. The van der Waals surface area contributed by atoms with Gasteiger partial charge in [0.25, 0.3) is 0 Å². The Hall–Kier alpha value is -2.73. The van der Waals surface area contributed by atoms with E-state index in [0.29, 0.717) is 24.8 Å². The summed E-state index contributed by atoms with van der Waals surface area (Å²) in [4.78, 5) is 33.1. The molecule has 0 unspecified atom stereocenters. The number of ketones is 1. The van der Waals surface area contributed by atoms with E-state index in [9.17, 15) is 9.59 Å². The second kappa shape index (κ2) is 9.99. The summed E-state index contributed by atoms with van der Waals surface area (Å²) in [5.41, 5.74) is 1.86. The zero-order valence-electron chi connectivity index (χ0n) is 16.3. The predicted octanol–water partition coefficient (Wildman–Crippen LogP) is 2.79. The molecule has 0 saturated carbocycles. The van der Waals surface area contributed by atoms with Gasteiger partial charge in [-0.1, -0.05) is 6.07 Å². The molecule has 6 heteroatoms. The van der Waals surface area contributed by atoms with Crippen LogP contribution in [0, 0.1) is 0 Å². The first kappa shape index (κ1) is 20.0. The summed E-state index contributed by atoms with van der Waals surface area (Å²) in [5.74, 6) is 0.940. The van der Waals surface area contributed by atoms with Crippen LogP contribution in [0.25, 0.3) is 0 Å². The molecule has 0 radical (unpaired) electrons. The number of hydrogen-bond donors (Lipinski definition) is 0. The highest BCUT2D eigenvalue weighted by Crippen LogP contribution is 2.15. The number of ether oxygens (including phenoxy) is 1. The molecule has 1 amide bonds. The van der Waals surface area contributed by atoms with Gasteiger partial charge >= 0.3 is 0 Å². The number of carbonyl (C=O) groups is 2. The molecule has 1 fully saturated rings. The van der Waals surface area contributed by atoms with E-state index >= 15 is 0 Å². The highest BCUT2D eigenvalue weighted by atomic mass is 16.5. The second-order valence-electron chi connectivity index (χ2n) is 7.02. The van der Waals surface area contributed by atoms with Gasteiger partial charge in [-0.05, 0) is 42.3 Å². The van der Waals surface area contributed by atoms with Gasteiger partial charge in [-0.15, -0.1) is 0 Å². The van der Waals surface area contributed by atoms with Crippen molar-refractivity contribution in [3.05, 3.63) is 59.9 Å². The van der Waals surface area contributed by atoms with E-state index in [2.05, 4.69) is 16.0 Å². The molecular formula is C22H27N3O3. The Kier molecular flexibility index (Phi) is 7.14. The fraction of sp³-hybridized carbons (Fsp3) is 0.409. The summed E-state index contributed by atoms with van der Waals surface area (Å²) in [7, 11) is 1.60. The van der Waals surface area contributed by atoms with Crippen molar-refractivity contribution in [2.24, 2.45) is 0 Å². The fourth-order valence-electron chi connectivity index (χ4n) is 3.38. The minimum atomic E-state index is 0.0664. The molecule has 6 nitrogen and oxygen atoms in total. The topological polar surface area (TPSA) is 62.7 Å². The molecule has 0 N–H and O–H groups in total. The van der Waals surface area contributed by atoms with Gasteiger partial charge in [0.1, 0.15) is 5.75 Å². The minimum absolute atomic E-state index is 0.0664. The smallest absolute Gasteiger partial charge is 0.222 e. The van der Waals surface area contributed by atoms with Gasteiger partial charge in [-0.2, -0.15) is 0 Å². The van der Waals surface area contributed by atoms with Crippen molar-refractivity contribution in [1.29, 1.82) is 0 Å². The van der Waals surface area contributed by atoms with Crippen molar-refractivity contribution in [2.75, 3.05) is 33.3 Å². The minimum Gasteiger partial charge on any atom is -0.497 e. The van der Waals surface area contributed by atoms with E-state index in [-0.39, 0.29) is 11.7 Å². The molecule has 0 spiro atoms. The van der Waals surface area contributed by atoms with Crippen LogP contribution in [0.5, 0.6) is 5.75 Å². The Morgan fingerprint density at radius 3 is 2.43 bits per heavy atom. The Bertz CT molecular complexity index is 769. The van der Waals surface area contributed by atoms with E-state index in [1.807, 2.05) is 17.2 Å². The van der Waals surface area contributed by atoms with Gasteiger partial charge in [-0.3, -0.25) is 19.5 Å². The van der Waals surface area contributed by atoms with Gasteiger partial charge in [-0.25, -0.2) is 0 Å². The van der Waals surface area contributed by atoms with Crippen molar-refractivity contribution in [3.63, 3.8) is 0 Å². The largest absolute Gasteiger partial charge is 0.497 e. The van der Waals surface area contributed by atoms with Crippen LogP contribution in [0.2, 0.25) is 0 Å². The first-order valence-corrected chi connectivity index (χ1v) is 9.72. The number of Topliss-reactive ketones (excluding diaryl/α,β-unsaturated/α-hetero) is 1. The highest BCUT2D eigenvalue weighted by Gasteiger charge is 2.21. The third-order valence-corrected chi connectivity index (χ3v) is 5.06. The Morgan fingerprint density at radius 1 is 1.04 bits per heavy atom. The fourth-order valence-corrected chi connectivity index (χ4v) is 3.38. The van der Waals surface area contributed by atoms with E-state index < -0.39 is 0 Å². The van der Waals surface area contributed by atoms with Crippen molar-refractivity contribution < 1.29 is 14.3 Å². The molecule has 3 rings (SSSR count). The third kappa shape index (κ3) is 5.63. The lowest BCUT2D eigenvalue weighted by Crippen LogP contribution is -2.48. The Morgan fingerprint density at radius 2 is 1.79 bits per heavy atom. The number of amides is 1. The summed E-state index contributed by atoms with van der Waals surface area (Å²) in [6, 6.07) is 11.1. The molecule has 28 heavy (non-hydrogen) atoms. The van der Waals surface area contributed by atoms with Crippen molar-refractivity contribution >= 4 is 11.7 Å². The zero-order chi connectivity index (χ0) is 19.8. The number of methoxy groups -OCH3 is 1. The second-order valence-corrected chi connectivity index (χ2v) is 7.02. The van der Waals surface area contributed by atoms with Crippen LogP contribution in [-0.2, 0) is 11.3 Å². The van der Waals surface area contributed by atoms with Crippen molar-refractivity contribution in [3.8, 4) is 5.75 Å². The number of aromatic nitrogens is 1. The van der Waals surface area contributed by atoms with Crippen LogP contribution >= 0.6 is 0 Å². The summed E-state index contributed by atoms with van der Waals surface area (Å²) >= 11 is 0. The zero-order valence-corrected chi connectivity index (χ0v) is 16.3. The van der Waals surface area contributed by atoms with E-state index in [1.165, 1.54) is 5.56 Å². The van der Waals surface area contributed by atoms with Crippen molar-refractivity contribution in [1.82, 2.24) is 14.8 Å². The van der Waals surface area contributed by atoms with Crippen LogP contribution in [-0.4, -0.2) is 59.8 Å². The molecule has 1 aliphatic rings. The van der Waals surface area contributed by atoms with Gasteiger partial charge in [0.05, 0.1) is 7.11 Å². The lowest BCUT2D eigenvalue weighted by Gasteiger charge is -2.34. The molecule has 2 aromatic rings. The number of hydrogen-bond acceptors (Lipinski definition) is 5. The highest BCUT2D eigenvalue weighted by molar-refractivity contribution is 5.96. The van der Waals surface area contributed by atoms with Crippen LogP contribution < -0.4 is 4.74 Å². The summed E-state index contributed by atoms with van der Waals surface area (Å²) in [5, 5.41) is 0. The Labute approximate surface area is 166 Å². The van der Waals surface area contributed by atoms with E-state index in [1.54, 1.807) is 37.6 Å². The molecule has 0 atom stereocenters. The summed E-state index contributed by atoms with van der Waals surface area (Å²) in [6.45, 7) is 4.08. The third-order valence-electron chi connectivity index (χ3n) is 5.06. The Balaban J connectivity index is 1.36. The first-order valence-electron chi connectivity index (χ1n) is 9.72. The van der Waals surface area contributed by atoms with Crippen LogP contribution in [0.4, 0.5) is 0 Å². The first-order chi connectivity index (χ1) is 13.7. The molecule has 1 aliphatic heterocycles. The molecule has 0 bridgehead atoms. The monoisotopic (exact) mass is 381 g/mol. The predicted molar refractivity (Wildman–Crippen MR) is 107 cm³/mol. The van der Waals surface area contributed by atoms with E-state index in [4.69, 9.17) is 4.74 Å². The molecule has 1 aromatic heterocycles. The lowest BCUT2D eigenvalue weighted by atomic mass is 10.0. The lowest BCUT2D eigenvalue weighted by molar-refractivity contribution is -0.133. The number of rotatable bonds is 8. The quantitative estimate of drug-likeness (QED) is 0.658. The van der Waals surface area contributed by atoms with Gasteiger partial charge in [0, 0.05) is 63.5 Å². The average molecular weight is 381 g/mol. The van der Waals surface area contributed by atoms with Gasteiger partial charge in [0.15, 0.2) is 5.78 Å². The maximum Gasteiger partial charge on any atom is 0.222 e. The maximum absolute atomic E-state index is 12.4. The summed E-state index contributed by atoms with van der Waals surface area (Å²) < 4.78 is 5.10. The molecule has 2 heterocycles. The number of carbonyl (C=O) groups excluding carboxylic acids is 2. The van der Waals surface area contributed by atoms with Crippen molar-refractivity contribution in [2.45, 2.75) is 25.8 Å². The maximum atomic E-state index is 12.4. The van der Waals surface area contributed by atoms with E-state index in [0.717, 1.165) is 38.5 Å². The van der Waals surface area contributed by atoms with Crippen LogP contribution in [0.1, 0.15) is 35.2 Å². The number of benzene rings is 1. The van der Waals surface area contributed by atoms with Crippen LogP contribution in [0.15, 0.2) is 48.8 Å². The number of piperazine rings is 1. The van der Waals surface area contributed by atoms with Gasteiger partial charge < -0.3 is 9.64 Å². The number of nitrogens with zero attached hydrogens (tertiary/aromatic N) is 3.